The van der Waals surface area contributed by atoms with Gasteiger partial charge in [-0.2, -0.15) is 0 Å². The summed E-state index contributed by atoms with van der Waals surface area (Å²) in [7, 11) is 1.81. The molecule has 1 unspecified atom stereocenters. The SMILES string of the molecule is CNC(CC(N)=O)c1ccc(OC(C)C)cc1. The van der Waals surface area contributed by atoms with E-state index in [1.54, 1.807) is 0 Å². The lowest BCUT2D eigenvalue weighted by Gasteiger charge is -2.16. The minimum absolute atomic E-state index is 0.0411. The molecule has 0 aliphatic heterocycles. The zero-order valence-corrected chi connectivity index (χ0v) is 10.6. The van der Waals surface area contributed by atoms with E-state index in [0.717, 1.165) is 11.3 Å². The van der Waals surface area contributed by atoms with Crippen molar-refractivity contribution in [2.75, 3.05) is 7.05 Å². The van der Waals surface area contributed by atoms with Gasteiger partial charge >= 0.3 is 0 Å². The molecule has 17 heavy (non-hydrogen) atoms. The van der Waals surface area contributed by atoms with Gasteiger partial charge in [0.25, 0.3) is 0 Å². The van der Waals surface area contributed by atoms with Crippen LogP contribution >= 0.6 is 0 Å². The molecule has 0 aliphatic carbocycles. The molecule has 4 heteroatoms. The van der Waals surface area contributed by atoms with Gasteiger partial charge in [-0.15, -0.1) is 0 Å². The van der Waals surface area contributed by atoms with E-state index < -0.39 is 0 Å². The second-order valence-electron chi connectivity index (χ2n) is 4.25. The second kappa shape index (κ2) is 6.25. The Morgan fingerprint density at radius 2 is 1.94 bits per heavy atom. The van der Waals surface area contributed by atoms with E-state index in [4.69, 9.17) is 10.5 Å². The molecule has 0 heterocycles. The Morgan fingerprint density at radius 1 is 1.35 bits per heavy atom. The standard InChI is InChI=1S/C13H20N2O2/c1-9(2)17-11-6-4-10(5-7-11)12(15-3)8-13(14)16/h4-7,9,12,15H,8H2,1-3H3,(H2,14,16). The summed E-state index contributed by atoms with van der Waals surface area (Å²) in [6.45, 7) is 3.97. The van der Waals surface area contributed by atoms with Crippen LogP contribution in [0.25, 0.3) is 0 Å². The molecule has 0 radical (unpaired) electrons. The number of nitrogens with two attached hydrogens (primary N) is 1. The topological polar surface area (TPSA) is 64.3 Å². The lowest BCUT2D eigenvalue weighted by Crippen LogP contribution is -2.23. The van der Waals surface area contributed by atoms with Gasteiger partial charge < -0.3 is 15.8 Å². The summed E-state index contributed by atoms with van der Waals surface area (Å²) in [5.41, 5.74) is 6.23. The van der Waals surface area contributed by atoms with Gasteiger partial charge in [0.1, 0.15) is 5.75 Å². The quantitative estimate of drug-likeness (QED) is 0.788. The Labute approximate surface area is 102 Å². The van der Waals surface area contributed by atoms with Gasteiger partial charge in [-0.3, -0.25) is 4.79 Å². The maximum absolute atomic E-state index is 10.9. The van der Waals surface area contributed by atoms with Crippen LogP contribution in [0.15, 0.2) is 24.3 Å². The molecule has 1 aromatic carbocycles. The van der Waals surface area contributed by atoms with Crippen LogP contribution in [0.3, 0.4) is 0 Å². The Balaban J connectivity index is 2.74. The Morgan fingerprint density at radius 3 is 2.35 bits per heavy atom. The molecule has 0 spiro atoms. The molecular weight excluding hydrogens is 216 g/mol. The van der Waals surface area contributed by atoms with Crippen LogP contribution in [-0.2, 0) is 4.79 Å². The van der Waals surface area contributed by atoms with E-state index in [2.05, 4.69) is 5.32 Å². The average Bonchev–Trinajstić information content (AvgIpc) is 2.26. The van der Waals surface area contributed by atoms with Crippen LogP contribution in [0.5, 0.6) is 5.75 Å². The maximum atomic E-state index is 10.9. The summed E-state index contributed by atoms with van der Waals surface area (Å²) in [6, 6.07) is 7.66. The molecule has 0 saturated heterocycles. The minimum atomic E-state index is -0.313. The van der Waals surface area contributed by atoms with Crippen molar-refractivity contribution in [1.29, 1.82) is 0 Å². The van der Waals surface area contributed by atoms with Crippen molar-refractivity contribution in [2.45, 2.75) is 32.4 Å². The van der Waals surface area contributed by atoms with Crippen molar-refractivity contribution in [3.8, 4) is 5.75 Å². The number of nitrogens with one attached hydrogen (secondary N) is 1. The van der Waals surface area contributed by atoms with Crippen molar-refractivity contribution in [1.82, 2.24) is 5.32 Å². The number of carbonyl (C=O) groups is 1. The Bertz CT molecular complexity index is 360. The summed E-state index contributed by atoms with van der Waals surface area (Å²) in [4.78, 5) is 10.9. The third-order valence-electron chi connectivity index (χ3n) is 2.41. The average molecular weight is 236 g/mol. The number of benzene rings is 1. The fourth-order valence-corrected chi connectivity index (χ4v) is 1.64. The second-order valence-corrected chi connectivity index (χ2v) is 4.25. The van der Waals surface area contributed by atoms with Crippen LogP contribution in [-0.4, -0.2) is 19.1 Å². The summed E-state index contributed by atoms with van der Waals surface area (Å²) in [6.07, 6.45) is 0.451. The van der Waals surface area contributed by atoms with Gasteiger partial charge in [0.05, 0.1) is 6.10 Å². The minimum Gasteiger partial charge on any atom is -0.491 e. The molecule has 0 aromatic heterocycles. The maximum Gasteiger partial charge on any atom is 0.219 e. The number of amides is 1. The molecule has 1 amide bonds. The lowest BCUT2D eigenvalue weighted by atomic mass is 10.0. The van der Waals surface area contributed by atoms with E-state index in [1.807, 2.05) is 45.2 Å². The van der Waals surface area contributed by atoms with Crippen molar-refractivity contribution in [3.05, 3.63) is 29.8 Å². The van der Waals surface area contributed by atoms with Crippen LogP contribution < -0.4 is 15.8 Å². The van der Waals surface area contributed by atoms with Crippen LogP contribution in [0, 0.1) is 0 Å². The summed E-state index contributed by atoms with van der Waals surface area (Å²) in [5.74, 6) is 0.518. The molecule has 1 aromatic rings. The number of carbonyl (C=O) groups excluding carboxylic acids is 1. The van der Waals surface area contributed by atoms with Gasteiger partial charge in [0, 0.05) is 12.5 Å². The van der Waals surface area contributed by atoms with Crippen molar-refractivity contribution in [3.63, 3.8) is 0 Å². The van der Waals surface area contributed by atoms with Crippen LogP contribution in [0.1, 0.15) is 31.9 Å². The number of hydrogen-bond donors (Lipinski definition) is 2. The molecule has 0 aliphatic rings. The largest absolute Gasteiger partial charge is 0.491 e. The fourth-order valence-electron chi connectivity index (χ4n) is 1.64. The Kier molecular flexibility index (Phi) is 4.97. The molecule has 1 rings (SSSR count). The normalized spacial score (nSPS) is 12.5. The molecule has 4 nitrogen and oxygen atoms in total. The predicted molar refractivity (Wildman–Crippen MR) is 67.8 cm³/mol. The zero-order valence-electron chi connectivity index (χ0n) is 10.6. The summed E-state index contributed by atoms with van der Waals surface area (Å²) >= 11 is 0. The molecular formula is C13H20N2O2. The number of primary amides is 1. The van der Waals surface area contributed by atoms with E-state index >= 15 is 0 Å². The van der Waals surface area contributed by atoms with Crippen LogP contribution in [0.2, 0.25) is 0 Å². The fraction of sp³-hybridized carbons (Fsp3) is 0.462. The highest BCUT2D eigenvalue weighted by Gasteiger charge is 2.12. The van der Waals surface area contributed by atoms with Crippen LogP contribution in [0.4, 0.5) is 0 Å². The number of ether oxygens (including phenoxy) is 1. The highest BCUT2D eigenvalue weighted by atomic mass is 16.5. The third kappa shape index (κ3) is 4.44. The number of hydrogen-bond acceptors (Lipinski definition) is 3. The van der Waals surface area contributed by atoms with Gasteiger partial charge in [0.15, 0.2) is 0 Å². The zero-order chi connectivity index (χ0) is 12.8. The number of rotatable bonds is 6. The van der Waals surface area contributed by atoms with Crippen molar-refractivity contribution < 1.29 is 9.53 Å². The predicted octanol–water partition coefficient (Wildman–Crippen LogP) is 1.61. The Hall–Kier alpha value is -1.55. The van der Waals surface area contributed by atoms with Gasteiger partial charge in [-0.1, -0.05) is 12.1 Å². The molecule has 0 saturated carbocycles. The first-order valence-corrected chi connectivity index (χ1v) is 5.75. The molecule has 3 N–H and O–H groups in total. The molecule has 0 fully saturated rings. The van der Waals surface area contributed by atoms with Gasteiger partial charge in [-0.25, -0.2) is 0 Å². The molecule has 94 valence electrons. The van der Waals surface area contributed by atoms with E-state index in [9.17, 15) is 4.79 Å². The highest BCUT2D eigenvalue weighted by Crippen LogP contribution is 2.20. The van der Waals surface area contributed by atoms with Crippen molar-refractivity contribution in [2.24, 2.45) is 5.73 Å². The van der Waals surface area contributed by atoms with Crippen molar-refractivity contribution >= 4 is 5.91 Å². The summed E-state index contributed by atoms with van der Waals surface area (Å²) < 4.78 is 5.55. The van der Waals surface area contributed by atoms with E-state index in [-0.39, 0.29) is 18.1 Å². The lowest BCUT2D eigenvalue weighted by molar-refractivity contribution is -0.118. The first-order chi connectivity index (χ1) is 8.02. The first-order valence-electron chi connectivity index (χ1n) is 5.75. The molecule has 1 atom stereocenters. The van der Waals surface area contributed by atoms with Gasteiger partial charge in [0.2, 0.25) is 5.91 Å². The van der Waals surface area contributed by atoms with Gasteiger partial charge in [-0.05, 0) is 38.6 Å². The third-order valence-corrected chi connectivity index (χ3v) is 2.41. The smallest absolute Gasteiger partial charge is 0.219 e. The van der Waals surface area contributed by atoms with E-state index in [0.29, 0.717) is 6.42 Å². The van der Waals surface area contributed by atoms with E-state index in [1.165, 1.54) is 0 Å². The first kappa shape index (κ1) is 13.5. The molecule has 0 bridgehead atoms. The monoisotopic (exact) mass is 236 g/mol. The highest BCUT2D eigenvalue weighted by molar-refractivity contribution is 5.74. The summed E-state index contributed by atoms with van der Waals surface area (Å²) in [5, 5.41) is 3.07.